The molecule has 6 nitrogen and oxygen atoms in total. The first-order valence-corrected chi connectivity index (χ1v) is 8.87. The van der Waals surface area contributed by atoms with Crippen molar-refractivity contribution in [2.45, 2.75) is 26.2 Å². The number of carbonyl (C=O) groups is 1. The van der Waals surface area contributed by atoms with E-state index < -0.39 is 0 Å². The van der Waals surface area contributed by atoms with Crippen molar-refractivity contribution in [3.05, 3.63) is 77.6 Å². The van der Waals surface area contributed by atoms with Gasteiger partial charge in [-0.25, -0.2) is 9.97 Å². The second-order valence-electron chi connectivity index (χ2n) is 7.36. The van der Waals surface area contributed by atoms with E-state index in [2.05, 4.69) is 47.4 Å². The lowest BCUT2D eigenvalue weighted by atomic mass is 9.86. The van der Waals surface area contributed by atoms with E-state index in [-0.39, 0.29) is 11.3 Å². The van der Waals surface area contributed by atoms with Crippen molar-refractivity contribution in [3.8, 4) is 6.07 Å². The molecule has 0 atom stereocenters. The van der Waals surface area contributed by atoms with Crippen LogP contribution in [-0.2, 0) is 5.41 Å². The third-order valence-corrected chi connectivity index (χ3v) is 4.17. The average Bonchev–Trinajstić information content (AvgIpc) is 2.69. The minimum Gasteiger partial charge on any atom is -0.324 e. The van der Waals surface area contributed by atoms with Gasteiger partial charge in [-0.15, -0.1) is 0 Å². The molecule has 0 saturated carbocycles. The molecule has 140 valence electrons. The third-order valence-electron chi connectivity index (χ3n) is 4.17. The zero-order chi connectivity index (χ0) is 20.1. The number of anilines is 3. The molecule has 0 spiro atoms. The first-order chi connectivity index (χ1) is 13.4. The molecule has 28 heavy (non-hydrogen) atoms. The van der Waals surface area contributed by atoms with Gasteiger partial charge >= 0.3 is 0 Å². The molecule has 0 bridgehead atoms. The van der Waals surface area contributed by atoms with E-state index in [4.69, 9.17) is 5.26 Å². The van der Waals surface area contributed by atoms with Crippen LogP contribution in [0.25, 0.3) is 0 Å². The summed E-state index contributed by atoms with van der Waals surface area (Å²) in [5.41, 5.74) is 3.46. The van der Waals surface area contributed by atoms with Gasteiger partial charge in [0.2, 0.25) is 5.95 Å². The van der Waals surface area contributed by atoms with Gasteiger partial charge in [-0.1, -0.05) is 39.0 Å². The highest BCUT2D eigenvalue weighted by atomic mass is 16.1. The van der Waals surface area contributed by atoms with Crippen molar-refractivity contribution < 1.29 is 4.79 Å². The SMILES string of the molecule is CC(C)(C)c1ccccc1NC(=O)c1cnc(Nc2ccc(C#N)cc2)nc1. The molecule has 3 aromatic rings. The van der Waals surface area contributed by atoms with Crippen molar-refractivity contribution in [2.24, 2.45) is 0 Å². The van der Waals surface area contributed by atoms with Crippen LogP contribution in [0.1, 0.15) is 42.3 Å². The van der Waals surface area contributed by atoms with Gasteiger partial charge in [0, 0.05) is 23.8 Å². The van der Waals surface area contributed by atoms with Crippen LogP contribution < -0.4 is 10.6 Å². The zero-order valence-electron chi connectivity index (χ0n) is 16.0. The highest BCUT2D eigenvalue weighted by Crippen LogP contribution is 2.29. The van der Waals surface area contributed by atoms with E-state index in [9.17, 15) is 4.79 Å². The fourth-order valence-corrected chi connectivity index (χ4v) is 2.71. The van der Waals surface area contributed by atoms with Crippen LogP contribution in [-0.4, -0.2) is 15.9 Å². The number of nitrogens with one attached hydrogen (secondary N) is 2. The van der Waals surface area contributed by atoms with Crippen LogP contribution in [0.3, 0.4) is 0 Å². The molecule has 0 aliphatic heterocycles. The highest BCUT2D eigenvalue weighted by molar-refractivity contribution is 6.04. The van der Waals surface area contributed by atoms with Crippen molar-refractivity contribution in [1.29, 1.82) is 5.26 Å². The van der Waals surface area contributed by atoms with E-state index in [1.807, 2.05) is 24.3 Å². The summed E-state index contributed by atoms with van der Waals surface area (Å²) in [6.07, 6.45) is 2.96. The number of rotatable bonds is 4. The van der Waals surface area contributed by atoms with E-state index in [1.165, 1.54) is 12.4 Å². The second-order valence-corrected chi connectivity index (χ2v) is 7.36. The normalized spacial score (nSPS) is 10.8. The Morgan fingerprint density at radius 1 is 1.00 bits per heavy atom. The van der Waals surface area contributed by atoms with Crippen LogP contribution in [0, 0.1) is 11.3 Å². The predicted octanol–water partition coefficient (Wildman–Crippen LogP) is 4.64. The standard InChI is InChI=1S/C22H21N5O/c1-22(2,3)18-6-4-5-7-19(18)27-20(28)16-13-24-21(25-14-16)26-17-10-8-15(12-23)9-11-17/h4-11,13-14H,1-3H3,(H,27,28)(H,24,25,26). The Balaban J connectivity index is 1.71. The van der Waals surface area contributed by atoms with Crippen LogP contribution in [0.2, 0.25) is 0 Å². The number of nitrogens with zero attached hydrogens (tertiary/aromatic N) is 3. The lowest BCUT2D eigenvalue weighted by Crippen LogP contribution is -2.19. The summed E-state index contributed by atoms with van der Waals surface area (Å²) in [4.78, 5) is 21.0. The van der Waals surface area contributed by atoms with Gasteiger partial charge in [0.25, 0.3) is 5.91 Å². The summed E-state index contributed by atoms with van der Waals surface area (Å²) in [5.74, 6) is 0.109. The van der Waals surface area contributed by atoms with Gasteiger partial charge in [-0.05, 0) is 41.3 Å². The first kappa shape index (κ1) is 19.1. The summed E-state index contributed by atoms with van der Waals surface area (Å²) >= 11 is 0. The zero-order valence-corrected chi connectivity index (χ0v) is 16.0. The Kier molecular flexibility index (Phi) is 5.37. The Morgan fingerprint density at radius 2 is 1.64 bits per heavy atom. The van der Waals surface area contributed by atoms with Gasteiger partial charge in [-0.3, -0.25) is 4.79 Å². The molecule has 0 radical (unpaired) electrons. The van der Waals surface area contributed by atoms with Gasteiger partial charge < -0.3 is 10.6 Å². The molecule has 0 aliphatic rings. The molecule has 1 amide bonds. The first-order valence-electron chi connectivity index (χ1n) is 8.87. The monoisotopic (exact) mass is 371 g/mol. The maximum absolute atomic E-state index is 12.6. The summed E-state index contributed by atoms with van der Waals surface area (Å²) in [6.45, 7) is 6.31. The fraction of sp³-hybridized carbons (Fsp3) is 0.182. The second kappa shape index (κ2) is 7.89. The highest BCUT2D eigenvalue weighted by Gasteiger charge is 2.19. The number of hydrogen-bond donors (Lipinski definition) is 2. The summed E-state index contributed by atoms with van der Waals surface area (Å²) in [6, 6.07) is 16.8. The average molecular weight is 371 g/mol. The van der Waals surface area contributed by atoms with Crippen LogP contribution in [0.4, 0.5) is 17.3 Å². The number of aromatic nitrogens is 2. The molecule has 0 unspecified atom stereocenters. The fourth-order valence-electron chi connectivity index (χ4n) is 2.71. The number of carbonyl (C=O) groups excluding carboxylic acids is 1. The van der Waals surface area contributed by atoms with E-state index in [0.29, 0.717) is 17.1 Å². The van der Waals surface area contributed by atoms with Gasteiger partial charge in [0.15, 0.2) is 0 Å². The molecule has 2 N–H and O–H groups in total. The molecule has 0 fully saturated rings. The minimum absolute atomic E-state index is 0.0881. The van der Waals surface area contributed by atoms with E-state index in [1.54, 1.807) is 24.3 Å². The molecule has 1 heterocycles. The predicted molar refractivity (Wildman–Crippen MR) is 110 cm³/mol. The van der Waals surface area contributed by atoms with Crippen molar-refractivity contribution in [1.82, 2.24) is 9.97 Å². The number of amides is 1. The van der Waals surface area contributed by atoms with E-state index in [0.717, 1.165) is 16.9 Å². The number of hydrogen-bond acceptors (Lipinski definition) is 5. The number of para-hydroxylation sites is 1. The smallest absolute Gasteiger partial charge is 0.258 e. The van der Waals surface area contributed by atoms with Gasteiger partial charge in [-0.2, -0.15) is 5.26 Å². The largest absolute Gasteiger partial charge is 0.324 e. The lowest BCUT2D eigenvalue weighted by Gasteiger charge is -2.22. The number of benzene rings is 2. The molecular formula is C22H21N5O. The maximum atomic E-state index is 12.6. The quantitative estimate of drug-likeness (QED) is 0.697. The Bertz CT molecular complexity index is 1010. The number of nitriles is 1. The van der Waals surface area contributed by atoms with Crippen molar-refractivity contribution in [2.75, 3.05) is 10.6 Å². The van der Waals surface area contributed by atoms with Crippen molar-refractivity contribution >= 4 is 23.2 Å². The lowest BCUT2D eigenvalue weighted by molar-refractivity contribution is 0.102. The van der Waals surface area contributed by atoms with Crippen LogP contribution in [0.15, 0.2) is 60.9 Å². The Morgan fingerprint density at radius 3 is 2.25 bits per heavy atom. The van der Waals surface area contributed by atoms with Gasteiger partial charge in [0.05, 0.1) is 17.2 Å². The topological polar surface area (TPSA) is 90.7 Å². The van der Waals surface area contributed by atoms with Crippen LogP contribution in [0.5, 0.6) is 0 Å². The third kappa shape index (κ3) is 4.51. The summed E-state index contributed by atoms with van der Waals surface area (Å²) in [5, 5.41) is 14.8. The Labute approximate surface area is 164 Å². The summed E-state index contributed by atoms with van der Waals surface area (Å²) in [7, 11) is 0. The molecule has 3 rings (SSSR count). The van der Waals surface area contributed by atoms with Crippen molar-refractivity contribution in [3.63, 3.8) is 0 Å². The maximum Gasteiger partial charge on any atom is 0.258 e. The Hall–Kier alpha value is -3.72. The van der Waals surface area contributed by atoms with E-state index >= 15 is 0 Å². The molecular weight excluding hydrogens is 350 g/mol. The summed E-state index contributed by atoms with van der Waals surface area (Å²) < 4.78 is 0. The van der Waals surface area contributed by atoms with Crippen LogP contribution >= 0.6 is 0 Å². The molecule has 6 heteroatoms. The molecule has 1 aromatic heterocycles. The molecule has 0 aliphatic carbocycles. The minimum atomic E-state index is -0.262. The molecule has 2 aromatic carbocycles. The molecule has 0 saturated heterocycles. The van der Waals surface area contributed by atoms with Gasteiger partial charge in [0.1, 0.15) is 0 Å².